The van der Waals surface area contributed by atoms with Crippen LogP contribution in [0, 0.1) is 13.8 Å². The monoisotopic (exact) mass is 406 g/mol. The minimum absolute atomic E-state index is 0.163. The molecule has 0 spiro atoms. The Hall–Kier alpha value is -3.12. The van der Waals surface area contributed by atoms with Crippen LogP contribution in [0.1, 0.15) is 44.7 Å². The molecule has 0 bridgehead atoms. The summed E-state index contributed by atoms with van der Waals surface area (Å²) in [5.41, 5.74) is 5.22. The number of anilines is 1. The third-order valence-electron chi connectivity index (χ3n) is 5.20. The Morgan fingerprint density at radius 1 is 1.17 bits per heavy atom. The SMILES string of the molecule is CCOC(=O)c1c(C=C2C(=O)Nc3ccccc32)c(C)n(Cc2cccs2)c1C. The van der Waals surface area contributed by atoms with Crippen molar-refractivity contribution < 1.29 is 14.3 Å². The number of aromatic nitrogens is 1. The second-order valence-electron chi connectivity index (χ2n) is 6.90. The van der Waals surface area contributed by atoms with Crippen molar-refractivity contribution in [3.8, 4) is 0 Å². The second-order valence-corrected chi connectivity index (χ2v) is 7.94. The van der Waals surface area contributed by atoms with Crippen LogP contribution in [0.15, 0.2) is 41.8 Å². The van der Waals surface area contributed by atoms with E-state index in [2.05, 4.69) is 16.0 Å². The first kappa shape index (κ1) is 19.2. The fourth-order valence-corrected chi connectivity index (χ4v) is 4.46. The molecular weight excluding hydrogens is 384 g/mol. The van der Waals surface area contributed by atoms with Crippen molar-refractivity contribution in [2.45, 2.75) is 27.3 Å². The second kappa shape index (κ2) is 7.72. The van der Waals surface area contributed by atoms with Gasteiger partial charge in [-0.15, -0.1) is 11.3 Å². The summed E-state index contributed by atoms with van der Waals surface area (Å²) < 4.78 is 7.45. The number of esters is 1. The Labute approximate surface area is 173 Å². The highest BCUT2D eigenvalue weighted by molar-refractivity contribution is 7.09. The summed E-state index contributed by atoms with van der Waals surface area (Å²) in [5.74, 6) is -0.527. The number of thiophene rings is 1. The first-order chi connectivity index (χ1) is 14.0. The average molecular weight is 407 g/mol. The summed E-state index contributed by atoms with van der Waals surface area (Å²) in [6, 6.07) is 11.7. The molecule has 0 saturated heterocycles. The summed E-state index contributed by atoms with van der Waals surface area (Å²) in [4.78, 5) is 26.6. The highest BCUT2D eigenvalue weighted by Gasteiger charge is 2.28. The summed E-state index contributed by atoms with van der Waals surface area (Å²) in [6.45, 7) is 6.67. The molecule has 29 heavy (non-hydrogen) atoms. The van der Waals surface area contributed by atoms with E-state index in [1.165, 1.54) is 4.88 Å². The van der Waals surface area contributed by atoms with Gasteiger partial charge in [0.15, 0.2) is 0 Å². The van der Waals surface area contributed by atoms with E-state index in [4.69, 9.17) is 4.74 Å². The fraction of sp³-hybridized carbons (Fsp3) is 0.217. The lowest BCUT2D eigenvalue weighted by Gasteiger charge is -2.08. The number of nitrogens with zero attached hydrogens (tertiary/aromatic N) is 1. The van der Waals surface area contributed by atoms with Gasteiger partial charge >= 0.3 is 5.97 Å². The first-order valence-electron chi connectivity index (χ1n) is 9.53. The molecule has 2 aromatic heterocycles. The lowest BCUT2D eigenvalue weighted by Crippen LogP contribution is -2.09. The van der Waals surface area contributed by atoms with Crippen LogP contribution in [0.5, 0.6) is 0 Å². The smallest absolute Gasteiger partial charge is 0.340 e. The fourth-order valence-electron chi connectivity index (χ4n) is 3.77. The van der Waals surface area contributed by atoms with Crippen molar-refractivity contribution in [1.29, 1.82) is 0 Å². The van der Waals surface area contributed by atoms with E-state index in [9.17, 15) is 9.59 Å². The lowest BCUT2D eigenvalue weighted by molar-refractivity contribution is -0.110. The molecule has 0 fully saturated rings. The predicted molar refractivity (Wildman–Crippen MR) is 116 cm³/mol. The van der Waals surface area contributed by atoms with Crippen LogP contribution in [0.2, 0.25) is 0 Å². The third-order valence-corrected chi connectivity index (χ3v) is 6.06. The van der Waals surface area contributed by atoms with Crippen LogP contribution in [0.25, 0.3) is 11.6 Å². The molecule has 1 amide bonds. The molecule has 0 radical (unpaired) electrons. The molecule has 6 heteroatoms. The number of benzene rings is 1. The molecular formula is C23H22N2O3S. The van der Waals surface area contributed by atoms with Gasteiger partial charge in [-0.05, 0) is 44.4 Å². The maximum atomic E-state index is 12.8. The number of carbonyl (C=O) groups excluding carboxylic acids is 2. The van der Waals surface area contributed by atoms with Crippen molar-refractivity contribution >= 4 is 40.5 Å². The number of hydrogen-bond donors (Lipinski definition) is 1. The number of rotatable bonds is 5. The maximum absolute atomic E-state index is 12.8. The molecule has 0 atom stereocenters. The van der Waals surface area contributed by atoms with Crippen molar-refractivity contribution in [1.82, 2.24) is 4.57 Å². The van der Waals surface area contributed by atoms with E-state index >= 15 is 0 Å². The molecule has 3 aromatic rings. The molecule has 5 nitrogen and oxygen atoms in total. The van der Waals surface area contributed by atoms with Crippen LogP contribution in [0.4, 0.5) is 5.69 Å². The first-order valence-corrected chi connectivity index (χ1v) is 10.4. The van der Waals surface area contributed by atoms with Crippen molar-refractivity contribution in [2.75, 3.05) is 11.9 Å². The van der Waals surface area contributed by atoms with Gasteiger partial charge in [0.1, 0.15) is 0 Å². The molecule has 0 aliphatic carbocycles. The van der Waals surface area contributed by atoms with E-state index in [1.807, 2.05) is 55.6 Å². The molecule has 1 aliphatic rings. The molecule has 0 saturated carbocycles. The number of ether oxygens (including phenoxy) is 1. The zero-order valence-electron chi connectivity index (χ0n) is 16.6. The van der Waals surface area contributed by atoms with Gasteiger partial charge in [-0.3, -0.25) is 4.79 Å². The molecule has 1 aromatic carbocycles. The summed E-state index contributed by atoms with van der Waals surface area (Å²) in [6.07, 6.45) is 1.82. The number of fused-ring (bicyclic) bond motifs is 1. The third kappa shape index (κ3) is 3.40. The molecule has 3 heterocycles. The minimum atomic E-state index is -0.364. The lowest BCUT2D eigenvalue weighted by atomic mass is 10.0. The van der Waals surface area contributed by atoms with E-state index in [1.54, 1.807) is 18.3 Å². The van der Waals surface area contributed by atoms with Gasteiger partial charge < -0.3 is 14.6 Å². The van der Waals surface area contributed by atoms with Crippen LogP contribution in [-0.2, 0) is 16.1 Å². The maximum Gasteiger partial charge on any atom is 0.340 e. The Kier molecular flexibility index (Phi) is 5.11. The van der Waals surface area contributed by atoms with Gasteiger partial charge in [0.2, 0.25) is 0 Å². The Balaban J connectivity index is 1.88. The summed E-state index contributed by atoms with van der Waals surface area (Å²) in [7, 11) is 0. The van der Waals surface area contributed by atoms with Gasteiger partial charge in [0, 0.05) is 38.7 Å². The van der Waals surface area contributed by atoms with E-state index < -0.39 is 0 Å². The highest BCUT2D eigenvalue weighted by Crippen LogP contribution is 2.35. The van der Waals surface area contributed by atoms with E-state index in [0.29, 0.717) is 24.3 Å². The highest BCUT2D eigenvalue weighted by atomic mass is 32.1. The zero-order valence-corrected chi connectivity index (χ0v) is 17.4. The standard InChI is InChI=1S/C23H22N2O3S/c1-4-28-23(27)21-15(3)25(13-16-8-7-11-29-16)14(2)18(21)12-19-17-9-5-6-10-20(17)24-22(19)26/h5-12H,4,13H2,1-3H3,(H,24,26). The van der Waals surface area contributed by atoms with E-state index in [-0.39, 0.29) is 11.9 Å². The summed E-state index contributed by atoms with van der Waals surface area (Å²) >= 11 is 1.68. The van der Waals surface area contributed by atoms with Crippen LogP contribution in [-0.4, -0.2) is 23.1 Å². The van der Waals surface area contributed by atoms with Gasteiger partial charge in [0.25, 0.3) is 5.91 Å². The van der Waals surface area contributed by atoms with Gasteiger partial charge in [-0.25, -0.2) is 4.79 Å². The van der Waals surface area contributed by atoms with Crippen molar-refractivity contribution in [2.24, 2.45) is 0 Å². The van der Waals surface area contributed by atoms with Crippen LogP contribution < -0.4 is 5.32 Å². The normalized spacial score (nSPS) is 14.2. The number of hydrogen-bond acceptors (Lipinski definition) is 4. The zero-order chi connectivity index (χ0) is 20.5. The number of nitrogens with one attached hydrogen (secondary N) is 1. The number of para-hydroxylation sites is 1. The van der Waals surface area contributed by atoms with Gasteiger partial charge in [-0.1, -0.05) is 24.3 Å². The minimum Gasteiger partial charge on any atom is -0.462 e. The topological polar surface area (TPSA) is 60.3 Å². The van der Waals surface area contributed by atoms with Crippen LogP contribution >= 0.6 is 11.3 Å². The van der Waals surface area contributed by atoms with Crippen molar-refractivity contribution in [3.05, 3.63) is 74.7 Å². The molecule has 148 valence electrons. The Bertz CT molecular complexity index is 1120. The molecule has 1 N–H and O–H groups in total. The van der Waals surface area contributed by atoms with Gasteiger partial charge in [0.05, 0.1) is 18.7 Å². The van der Waals surface area contributed by atoms with Gasteiger partial charge in [-0.2, -0.15) is 0 Å². The van der Waals surface area contributed by atoms with Crippen molar-refractivity contribution in [3.63, 3.8) is 0 Å². The Morgan fingerprint density at radius 3 is 2.69 bits per heavy atom. The molecule has 4 rings (SSSR count). The largest absolute Gasteiger partial charge is 0.462 e. The molecule has 0 unspecified atom stereocenters. The summed E-state index contributed by atoms with van der Waals surface area (Å²) in [5, 5.41) is 4.93. The van der Waals surface area contributed by atoms with Crippen LogP contribution in [0.3, 0.4) is 0 Å². The number of carbonyl (C=O) groups is 2. The molecule has 1 aliphatic heterocycles. The predicted octanol–water partition coefficient (Wildman–Crippen LogP) is 4.88. The quantitative estimate of drug-likeness (QED) is 0.485. The van der Waals surface area contributed by atoms with E-state index in [0.717, 1.165) is 28.2 Å². The average Bonchev–Trinajstić information content (AvgIpc) is 3.37. The number of amides is 1. The Morgan fingerprint density at radius 2 is 1.97 bits per heavy atom.